The van der Waals surface area contributed by atoms with E-state index in [1.807, 2.05) is 13.8 Å². The second-order valence-electron chi connectivity index (χ2n) is 4.01. The second kappa shape index (κ2) is 5.60. The third-order valence-corrected chi connectivity index (χ3v) is 2.55. The van der Waals surface area contributed by atoms with Gasteiger partial charge in [0, 0.05) is 23.9 Å². The number of benzene rings is 1. The highest BCUT2D eigenvalue weighted by Gasteiger charge is 2.08. The van der Waals surface area contributed by atoms with Crippen LogP contribution in [0, 0.1) is 18.6 Å². The summed E-state index contributed by atoms with van der Waals surface area (Å²) in [7, 11) is 0. The molecule has 0 amide bonds. The molecule has 1 heterocycles. The zero-order valence-corrected chi connectivity index (χ0v) is 10.7. The molecule has 2 aromatic rings. The first-order valence-electron chi connectivity index (χ1n) is 5.88. The average Bonchev–Trinajstić information content (AvgIpc) is 2.33. The fourth-order valence-corrected chi connectivity index (χ4v) is 1.68. The van der Waals surface area contributed by atoms with E-state index in [4.69, 9.17) is 0 Å². The minimum Gasteiger partial charge on any atom is -0.370 e. The number of nitrogens with one attached hydrogen (secondary N) is 2. The lowest BCUT2D eigenvalue weighted by Crippen LogP contribution is -2.05. The Labute approximate surface area is 109 Å². The van der Waals surface area contributed by atoms with E-state index in [1.54, 1.807) is 0 Å². The highest BCUT2D eigenvalue weighted by Crippen LogP contribution is 2.23. The normalized spacial score (nSPS) is 10.3. The van der Waals surface area contributed by atoms with Crippen molar-refractivity contribution >= 4 is 17.3 Å². The summed E-state index contributed by atoms with van der Waals surface area (Å²) in [6.45, 7) is 4.51. The molecule has 1 aromatic carbocycles. The van der Waals surface area contributed by atoms with Crippen LogP contribution in [-0.4, -0.2) is 16.5 Å². The number of hydrogen-bond acceptors (Lipinski definition) is 4. The van der Waals surface area contributed by atoms with Crippen LogP contribution in [0.15, 0.2) is 24.5 Å². The first-order valence-corrected chi connectivity index (χ1v) is 5.88. The standard InChI is InChI=1S/C13H14F2N4/c1-3-16-12-8(2)13(18-7-17-12)19-11-5-9(14)4-10(15)6-11/h4-7H,3H2,1-2H3,(H2,16,17,18,19). The lowest BCUT2D eigenvalue weighted by molar-refractivity contribution is 0.584. The van der Waals surface area contributed by atoms with E-state index in [-0.39, 0.29) is 0 Å². The molecule has 0 bridgehead atoms. The van der Waals surface area contributed by atoms with Crippen LogP contribution in [0.25, 0.3) is 0 Å². The van der Waals surface area contributed by atoms with E-state index >= 15 is 0 Å². The summed E-state index contributed by atoms with van der Waals surface area (Å²) < 4.78 is 26.2. The third kappa shape index (κ3) is 3.15. The van der Waals surface area contributed by atoms with Gasteiger partial charge in [-0.2, -0.15) is 0 Å². The van der Waals surface area contributed by atoms with Gasteiger partial charge in [0.1, 0.15) is 29.6 Å². The molecule has 4 nitrogen and oxygen atoms in total. The number of nitrogens with zero attached hydrogens (tertiary/aromatic N) is 2. The van der Waals surface area contributed by atoms with Crippen molar-refractivity contribution in [2.24, 2.45) is 0 Å². The highest BCUT2D eigenvalue weighted by molar-refractivity contribution is 5.64. The number of aromatic nitrogens is 2. The smallest absolute Gasteiger partial charge is 0.138 e. The zero-order valence-electron chi connectivity index (χ0n) is 10.7. The monoisotopic (exact) mass is 264 g/mol. The van der Waals surface area contributed by atoms with Gasteiger partial charge in [0.15, 0.2) is 0 Å². The summed E-state index contributed by atoms with van der Waals surface area (Å²) in [5, 5.41) is 5.97. The molecule has 0 saturated heterocycles. The lowest BCUT2D eigenvalue weighted by Gasteiger charge is -2.12. The summed E-state index contributed by atoms with van der Waals surface area (Å²) in [4.78, 5) is 8.16. The lowest BCUT2D eigenvalue weighted by atomic mass is 10.2. The second-order valence-corrected chi connectivity index (χ2v) is 4.01. The molecule has 0 spiro atoms. The van der Waals surface area contributed by atoms with Crippen LogP contribution in [0.3, 0.4) is 0 Å². The Morgan fingerprint density at radius 3 is 2.32 bits per heavy atom. The molecule has 1 aromatic heterocycles. The quantitative estimate of drug-likeness (QED) is 0.890. The van der Waals surface area contributed by atoms with Crippen molar-refractivity contribution in [2.75, 3.05) is 17.2 Å². The van der Waals surface area contributed by atoms with Crippen molar-refractivity contribution in [1.82, 2.24) is 9.97 Å². The molecule has 0 aliphatic heterocycles. The van der Waals surface area contributed by atoms with Gasteiger partial charge in [-0.15, -0.1) is 0 Å². The molecule has 0 atom stereocenters. The Kier molecular flexibility index (Phi) is 3.89. The molecule has 0 aliphatic carbocycles. The fourth-order valence-electron chi connectivity index (χ4n) is 1.68. The number of hydrogen-bond donors (Lipinski definition) is 2. The maximum Gasteiger partial charge on any atom is 0.138 e. The van der Waals surface area contributed by atoms with Crippen molar-refractivity contribution < 1.29 is 8.78 Å². The van der Waals surface area contributed by atoms with Gasteiger partial charge in [0.2, 0.25) is 0 Å². The van der Waals surface area contributed by atoms with Crippen LogP contribution < -0.4 is 10.6 Å². The van der Waals surface area contributed by atoms with Gasteiger partial charge in [-0.3, -0.25) is 0 Å². The zero-order chi connectivity index (χ0) is 13.8. The molecule has 100 valence electrons. The maximum atomic E-state index is 13.1. The van der Waals surface area contributed by atoms with E-state index in [2.05, 4.69) is 20.6 Å². The molecule has 2 N–H and O–H groups in total. The van der Waals surface area contributed by atoms with Crippen LogP contribution in [0.4, 0.5) is 26.1 Å². The van der Waals surface area contributed by atoms with E-state index < -0.39 is 11.6 Å². The minimum absolute atomic E-state index is 0.307. The van der Waals surface area contributed by atoms with E-state index in [0.29, 0.717) is 17.3 Å². The van der Waals surface area contributed by atoms with Gasteiger partial charge in [0.05, 0.1) is 0 Å². The topological polar surface area (TPSA) is 49.8 Å². The van der Waals surface area contributed by atoms with Crippen molar-refractivity contribution in [1.29, 1.82) is 0 Å². The molecule has 0 aliphatic rings. The Hall–Kier alpha value is -2.24. The fraction of sp³-hybridized carbons (Fsp3) is 0.231. The Balaban J connectivity index is 2.30. The van der Waals surface area contributed by atoms with Crippen molar-refractivity contribution in [3.8, 4) is 0 Å². The van der Waals surface area contributed by atoms with Crippen molar-refractivity contribution in [3.63, 3.8) is 0 Å². The Morgan fingerprint density at radius 1 is 1.05 bits per heavy atom. The molecule has 0 saturated carbocycles. The van der Waals surface area contributed by atoms with Crippen LogP contribution in [0.2, 0.25) is 0 Å². The molecule has 2 rings (SSSR count). The van der Waals surface area contributed by atoms with E-state index in [1.165, 1.54) is 18.5 Å². The van der Waals surface area contributed by atoms with Gasteiger partial charge in [-0.1, -0.05) is 0 Å². The van der Waals surface area contributed by atoms with Gasteiger partial charge < -0.3 is 10.6 Å². The molecule has 0 radical (unpaired) electrons. The van der Waals surface area contributed by atoms with Crippen LogP contribution in [0.5, 0.6) is 0 Å². The molecule has 6 heteroatoms. The molecular weight excluding hydrogens is 250 g/mol. The van der Waals surface area contributed by atoms with Crippen LogP contribution in [0.1, 0.15) is 12.5 Å². The van der Waals surface area contributed by atoms with E-state index in [9.17, 15) is 8.78 Å². The summed E-state index contributed by atoms with van der Waals surface area (Å²) in [6, 6.07) is 3.23. The first-order chi connectivity index (χ1) is 9.10. The van der Waals surface area contributed by atoms with Gasteiger partial charge in [-0.25, -0.2) is 18.7 Å². The predicted molar refractivity (Wildman–Crippen MR) is 70.6 cm³/mol. The molecular formula is C13H14F2N4. The van der Waals surface area contributed by atoms with Crippen molar-refractivity contribution in [2.45, 2.75) is 13.8 Å². The molecule has 19 heavy (non-hydrogen) atoms. The predicted octanol–water partition coefficient (Wildman–Crippen LogP) is 3.24. The molecule has 0 fully saturated rings. The summed E-state index contributed by atoms with van der Waals surface area (Å²) in [5.74, 6) is -0.0740. The van der Waals surface area contributed by atoms with Gasteiger partial charge >= 0.3 is 0 Å². The Morgan fingerprint density at radius 2 is 1.68 bits per heavy atom. The minimum atomic E-state index is -0.638. The molecule has 0 unspecified atom stereocenters. The first kappa shape index (κ1) is 13.2. The maximum absolute atomic E-state index is 13.1. The Bertz CT molecular complexity index is 567. The van der Waals surface area contributed by atoms with Gasteiger partial charge in [0.25, 0.3) is 0 Å². The average molecular weight is 264 g/mol. The van der Waals surface area contributed by atoms with E-state index in [0.717, 1.165) is 18.2 Å². The number of anilines is 3. The highest BCUT2D eigenvalue weighted by atomic mass is 19.1. The number of halogens is 2. The van der Waals surface area contributed by atoms with Crippen LogP contribution >= 0.6 is 0 Å². The van der Waals surface area contributed by atoms with Crippen LogP contribution in [-0.2, 0) is 0 Å². The number of rotatable bonds is 4. The summed E-state index contributed by atoms with van der Waals surface area (Å²) >= 11 is 0. The van der Waals surface area contributed by atoms with Gasteiger partial charge in [-0.05, 0) is 26.0 Å². The van der Waals surface area contributed by atoms with Crippen molar-refractivity contribution in [3.05, 3.63) is 41.7 Å². The third-order valence-electron chi connectivity index (χ3n) is 2.55. The SMILES string of the molecule is CCNc1ncnc(Nc2cc(F)cc(F)c2)c1C. The largest absolute Gasteiger partial charge is 0.370 e. The summed E-state index contributed by atoms with van der Waals surface area (Å²) in [6.07, 6.45) is 1.39. The summed E-state index contributed by atoms with van der Waals surface area (Å²) in [5.41, 5.74) is 1.09.